The van der Waals surface area contributed by atoms with Gasteiger partial charge < -0.3 is 9.88 Å². The Morgan fingerprint density at radius 1 is 1.41 bits per heavy atom. The van der Waals surface area contributed by atoms with Crippen LogP contribution in [0.1, 0.15) is 12.0 Å². The second-order valence-corrected chi connectivity index (χ2v) is 6.99. The van der Waals surface area contributed by atoms with Gasteiger partial charge in [-0.05, 0) is 24.1 Å². The van der Waals surface area contributed by atoms with Crippen molar-refractivity contribution in [1.29, 1.82) is 0 Å². The Morgan fingerprint density at radius 3 is 3.00 bits per heavy atom. The molecule has 0 bridgehead atoms. The van der Waals surface area contributed by atoms with Gasteiger partial charge in [0, 0.05) is 43.2 Å². The van der Waals surface area contributed by atoms with E-state index in [9.17, 15) is 17.1 Å². The molecule has 118 valence electrons. The molecule has 8 heteroatoms. The summed E-state index contributed by atoms with van der Waals surface area (Å²) >= 11 is 0. The number of aromatic nitrogens is 2. The van der Waals surface area contributed by atoms with Crippen LogP contribution in [0.4, 0.5) is 3.89 Å². The van der Waals surface area contributed by atoms with Crippen molar-refractivity contribution < 1.29 is 17.1 Å². The molecule has 3 heterocycles. The van der Waals surface area contributed by atoms with Crippen LogP contribution in [0.25, 0.3) is 11.0 Å². The predicted molar refractivity (Wildman–Crippen MR) is 79.4 cm³/mol. The van der Waals surface area contributed by atoms with Crippen LogP contribution < -0.4 is 0 Å². The van der Waals surface area contributed by atoms with Crippen LogP contribution in [-0.2, 0) is 21.4 Å². The molecule has 6 nitrogen and oxygen atoms in total. The van der Waals surface area contributed by atoms with E-state index in [0.717, 1.165) is 16.6 Å². The van der Waals surface area contributed by atoms with Crippen LogP contribution in [-0.4, -0.2) is 48.0 Å². The van der Waals surface area contributed by atoms with E-state index in [1.165, 1.54) is 0 Å². The maximum atomic E-state index is 12.7. The Bertz CT molecular complexity index is 803. The summed E-state index contributed by atoms with van der Waals surface area (Å²) in [5.41, 5.74) is 1.87. The number of amides is 1. The molecule has 22 heavy (non-hydrogen) atoms. The average Bonchev–Trinajstić information content (AvgIpc) is 3.01. The molecular formula is C14H16FN3O3S. The lowest BCUT2D eigenvalue weighted by atomic mass is 10.1. The standard InChI is InChI=1S/C14H16FN3O3S/c15-22(20,21)9-10-7-13(19)18(8-10)6-3-11-1-4-16-14-12(11)2-5-17-14/h1-2,4-5,10H,3,6-9H2,(H,16,17). The zero-order chi connectivity index (χ0) is 15.7. The summed E-state index contributed by atoms with van der Waals surface area (Å²) in [6, 6.07) is 3.84. The van der Waals surface area contributed by atoms with Gasteiger partial charge in [0.25, 0.3) is 0 Å². The number of nitrogens with zero attached hydrogens (tertiary/aromatic N) is 2. The third kappa shape index (κ3) is 3.27. The van der Waals surface area contributed by atoms with Gasteiger partial charge in [0.1, 0.15) is 5.65 Å². The van der Waals surface area contributed by atoms with Gasteiger partial charge in [0.15, 0.2) is 0 Å². The van der Waals surface area contributed by atoms with Crippen LogP contribution in [0.2, 0.25) is 0 Å². The molecule has 0 saturated carbocycles. The number of rotatable bonds is 5. The lowest BCUT2D eigenvalue weighted by molar-refractivity contribution is -0.127. The van der Waals surface area contributed by atoms with Crippen molar-refractivity contribution in [2.45, 2.75) is 12.8 Å². The van der Waals surface area contributed by atoms with Crippen LogP contribution in [0.3, 0.4) is 0 Å². The number of halogens is 1. The molecule has 0 aromatic carbocycles. The maximum Gasteiger partial charge on any atom is 0.302 e. The van der Waals surface area contributed by atoms with E-state index in [4.69, 9.17) is 0 Å². The summed E-state index contributed by atoms with van der Waals surface area (Å²) < 4.78 is 34.1. The maximum absolute atomic E-state index is 12.7. The SMILES string of the molecule is O=C1CC(CS(=O)(=O)F)CN1CCc1ccnc2[nH]ccc12. The highest BCUT2D eigenvalue weighted by Gasteiger charge is 2.32. The molecule has 1 aliphatic heterocycles. The highest BCUT2D eigenvalue weighted by atomic mass is 32.3. The Kier molecular flexibility index (Phi) is 3.86. The van der Waals surface area contributed by atoms with Crippen molar-refractivity contribution >= 4 is 27.2 Å². The molecule has 0 spiro atoms. The summed E-state index contributed by atoms with van der Waals surface area (Å²) in [4.78, 5) is 20.7. The Labute approximate surface area is 127 Å². The minimum atomic E-state index is -4.53. The first-order valence-corrected chi connectivity index (χ1v) is 8.59. The Balaban J connectivity index is 1.64. The monoisotopic (exact) mass is 325 g/mol. The number of fused-ring (bicyclic) bond motifs is 1. The fourth-order valence-corrected chi connectivity index (χ4v) is 3.74. The number of nitrogens with one attached hydrogen (secondary N) is 1. The fraction of sp³-hybridized carbons (Fsp3) is 0.429. The van der Waals surface area contributed by atoms with Crippen molar-refractivity contribution in [3.8, 4) is 0 Å². The molecule has 1 N–H and O–H groups in total. The number of carbonyl (C=O) groups is 1. The molecule has 1 fully saturated rings. The molecule has 1 aliphatic rings. The Hall–Kier alpha value is -1.96. The van der Waals surface area contributed by atoms with Gasteiger partial charge in [-0.25, -0.2) is 4.98 Å². The van der Waals surface area contributed by atoms with Crippen molar-refractivity contribution in [1.82, 2.24) is 14.9 Å². The van der Waals surface area contributed by atoms with Crippen LogP contribution in [0.15, 0.2) is 24.5 Å². The second kappa shape index (κ2) is 5.68. The molecule has 0 radical (unpaired) electrons. The zero-order valence-corrected chi connectivity index (χ0v) is 12.6. The number of H-pyrrole nitrogens is 1. The molecule has 2 aromatic rings. The molecular weight excluding hydrogens is 309 g/mol. The first-order chi connectivity index (χ1) is 10.4. The fourth-order valence-electron chi connectivity index (χ4n) is 2.95. The number of pyridine rings is 1. The first-order valence-electron chi connectivity index (χ1n) is 7.03. The van der Waals surface area contributed by atoms with Gasteiger partial charge in [0.2, 0.25) is 5.91 Å². The van der Waals surface area contributed by atoms with E-state index in [2.05, 4.69) is 9.97 Å². The molecule has 1 atom stereocenters. The summed E-state index contributed by atoms with van der Waals surface area (Å²) in [5, 5.41) is 1.01. The highest BCUT2D eigenvalue weighted by Crippen LogP contribution is 2.22. The van der Waals surface area contributed by atoms with E-state index in [-0.39, 0.29) is 12.3 Å². The van der Waals surface area contributed by atoms with Crippen LogP contribution in [0, 0.1) is 5.92 Å². The highest BCUT2D eigenvalue weighted by molar-refractivity contribution is 7.86. The normalized spacial score (nSPS) is 19.2. The van der Waals surface area contributed by atoms with Crippen molar-refractivity contribution in [2.75, 3.05) is 18.8 Å². The van der Waals surface area contributed by atoms with Crippen molar-refractivity contribution in [3.63, 3.8) is 0 Å². The van der Waals surface area contributed by atoms with Crippen LogP contribution >= 0.6 is 0 Å². The smallest absolute Gasteiger partial charge is 0.302 e. The van der Waals surface area contributed by atoms with Gasteiger partial charge in [-0.1, -0.05) is 0 Å². The summed E-state index contributed by atoms with van der Waals surface area (Å²) in [7, 11) is -4.53. The van der Waals surface area contributed by atoms with Gasteiger partial charge in [0.05, 0.1) is 5.75 Å². The van der Waals surface area contributed by atoms with Gasteiger partial charge in [-0.3, -0.25) is 4.79 Å². The molecule has 2 aromatic heterocycles. The van der Waals surface area contributed by atoms with E-state index in [0.29, 0.717) is 19.5 Å². The number of hydrogen-bond acceptors (Lipinski definition) is 4. The largest absolute Gasteiger partial charge is 0.346 e. The van der Waals surface area contributed by atoms with Gasteiger partial charge in [-0.15, -0.1) is 3.89 Å². The molecule has 1 amide bonds. The predicted octanol–water partition coefficient (Wildman–Crippen LogP) is 1.25. The zero-order valence-electron chi connectivity index (χ0n) is 11.8. The summed E-state index contributed by atoms with van der Waals surface area (Å²) in [6.07, 6.45) is 4.26. The number of likely N-dealkylation sites (tertiary alicyclic amines) is 1. The van der Waals surface area contributed by atoms with E-state index < -0.39 is 21.9 Å². The summed E-state index contributed by atoms with van der Waals surface area (Å²) in [6.45, 7) is 0.787. The topological polar surface area (TPSA) is 83.1 Å². The average molecular weight is 325 g/mol. The third-order valence-corrected chi connectivity index (χ3v) is 4.80. The summed E-state index contributed by atoms with van der Waals surface area (Å²) in [5.74, 6) is -1.15. The lowest BCUT2D eigenvalue weighted by Gasteiger charge is -2.16. The Morgan fingerprint density at radius 2 is 2.23 bits per heavy atom. The second-order valence-electron chi connectivity index (χ2n) is 5.58. The minimum Gasteiger partial charge on any atom is -0.346 e. The molecule has 1 unspecified atom stereocenters. The quantitative estimate of drug-likeness (QED) is 0.839. The van der Waals surface area contributed by atoms with Crippen LogP contribution in [0.5, 0.6) is 0 Å². The van der Waals surface area contributed by atoms with E-state index >= 15 is 0 Å². The van der Waals surface area contributed by atoms with Gasteiger partial charge in [-0.2, -0.15) is 8.42 Å². The number of hydrogen-bond donors (Lipinski definition) is 1. The van der Waals surface area contributed by atoms with Gasteiger partial charge >= 0.3 is 10.2 Å². The van der Waals surface area contributed by atoms with Crippen molar-refractivity contribution in [3.05, 3.63) is 30.1 Å². The minimum absolute atomic E-state index is 0.0963. The van der Waals surface area contributed by atoms with E-state index in [1.807, 2.05) is 18.3 Å². The number of aromatic amines is 1. The number of carbonyl (C=O) groups excluding carboxylic acids is 1. The van der Waals surface area contributed by atoms with E-state index in [1.54, 1.807) is 11.1 Å². The molecule has 0 aliphatic carbocycles. The third-order valence-electron chi connectivity index (χ3n) is 3.93. The van der Waals surface area contributed by atoms with Crippen molar-refractivity contribution in [2.24, 2.45) is 5.92 Å². The molecule has 3 rings (SSSR count). The first kappa shape index (κ1) is 15.0. The lowest BCUT2D eigenvalue weighted by Crippen LogP contribution is -2.28. The molecule has 1 saturated heterocycles.